The number of hydrogen-bond acceptors (Lipinski definition) is 4. The zero-order valence-corrected chi connectivity index (χ0v) is 15.5. The minimum Gasteiger partial charge on any atom is -0.341 e. The fourth-order valence-electron chi connectivity index (χ4n) is 2.90. The Hall–Kier alpha value is -1.95. The van der Waals surface area contributed by atoms with Gasteiger partial charge in [0.2, 0.25) is 11.9 Å². The molecular formula is C18H21BrN4O. The molecule has 1 aromatic carbocycles. The Balaban J connectivity index is 1.58. The van der Waals surface area contributed by atoms with E-state index in [1.54, 1.807) is 6.20 Å². The van der Waals surface area contributed by atoms with Crippen molar-refractivity contribution in [2.24, 2.45) is 5.92 Å². The van der Waals surface area contributed by atoms with Crippen molar-refractivity contribution in [1.29, 1.82) is 0 Å². The molecule has 2 heterocycles. The first-order valence-electron chi connectivity index (χ1n) is 8.14. The van der Waals surface area contributed by atoms with Crippen LogP contribution >= 0.6 is 15.9 Å². The molecule has 0 atom stereocenters. The molecule has 1 amide bonds. The lowest BCUT2D eigenvalue weighted by molar-refractivity contribution is -0.120. The summed E-state index contributed by atoms with van der Waals surface area (Å²) in [7, 11) is 0. The Labute approximate surface area is 150 Å². The molecule has 3 rings (SSSR count). The lowest BCUT2D eigenvalue weighted by Gasteiger charge is -2.31. The summed E-state index contributed by atoms with van der Waals surface area (Å²) < 4.78 is 1.05. The predicted molar refractivity (Wildman–Crippen MR) is 99.2 cm³/mol. The van der Waals surface area contributed by atoms with Gasteiger partial charge in [0.05, 0.1) is 0 Å². The SMILES string of the molecule is Cc1ccnc(N2CCC(C(=O)Nc3ccc(Br)c(C)c3)CC2)n1. The number of amides is 1. The van der Waals surface area contributed by atoms with Crippen LogP contribution in [-0.4, -0.2) is 29.0 Å². The van der Waals surface area contributed by atoms with Gasteiger partial charge in [-0.25, -0.2) is 9.97 Å². The molecule has 1 fully saturated rings. The van der Waals surface area contributed by atoms with Crippen LogP contribution in [0.15, 0.2) is 34.9 Å². The molecule has 1 saturated heterocycles. The van der Waals surface area contributed by atoms with E-state index in [1.165, 1.54) is 0 Å². The van der Waals surface area contributed by atoms with Crippen LogP contribution in [0, 0.1) is 19.8 Å². The molecule has 0 saturated carbocycles. The van der Waals surface area contributed by atoms with E-state index in [4.69, 9.17) is 0 Å². The number of nitrogens with one attached hydrogen (secondary N) is 1. The van der Waals surface area contributed by atoms with Gasteiger partial charge in [-0.1, -0.05) is 15.9 Å². The molecule has 126 valence electrons. The van der Waals surface area contributed by atoms with E-state index in [0.717, 1.165) is 53.3 Å². The Morgan fingerprint density at radius 1 is 1.25 bits per heavy atom. The Morgan fingerprint density at radius 2 is 2.00 bits per heavy atom. The molecule has 1 N–H and O–H groups in total. The van der Waals surface area contributed by atoms with Crippen molar-refractivity contribution in [3.63, 3.8) is 0 Å². The number of halogens is 1. The Morgan fingerprint density at radius 3 is 2.67 bits per heavy atom. The van der Waals surface area contributed by atoms with E-state index in [9.17, 15) is 4.79 Å². The molecule has 0 radical (unpaired) electrons. The van der Waals surface area contributed by atoms with E-state index in [-0.39, 0.29) is 11.8 Å². The van der Waals surface area contributed by atoms with Crippen molar-refractivity contribution in [1.82, 2.24) is 9.97 Å². The van der Waals surface area contributed by atoms with Crippen molar-refractivity contribution in [2.75, 3.05) is 23.3 Å². The molecule has 0 aliphatic carbocycles. The van der Waals surface area contributed by atoms with Gasteiger partial charge in [-0.15, -0.1) is 0 Å². The number of aromatic nitrogens is 2. The molecule has 2 aromatic rings. The highest BCUT2D eigenvalue weighted by Gasteiger charge is 2.26. The topological polar surface area (TPSA) is 58.1 Å². The normalized spacial score (nSPS) is 15.4. The van der Waals surface area contributed by atoms with Gasteiger partial charge >= 0.3 is 0 Å². The van der Waals surface area contributed by atoms with Crippen molar-refractivity contribution in [3.05, 3.63) is 46.2 Å². The number of carbonyl (C=O) groups is 1. The third-order valence-electron chi connectivity index (χ3n) is 4.36. The van der Waals surface area contributed by atoms with Gasteiger partial charge < -0.3 is 10.2 Å². The summed E-state index contributed by atoms with van der Waals surface area (Å²) in [5, 5.41) is 3.03. The molecule has 1 aromatic heterocycles. The summed E-state index contributed by atoms with van der Waals surface area (Å²) in [6.07, 6.45) is 3.42. The molecule has 0 unspecified atom stereocenters. The minimum absolute atomic E-state index is 0.0370. The van der Waals surface area contributed by atoms with Gasteiger partial charge in [0.15, 0.2) is 0 Å². The quantitative estimate of drug-likeness (QED) is 0.870. The first-order chi connectivity index (χ1) is 11.5. The lowest BCUT2D eigenvalue weighted by atomic mass is 9.96. The van der Waals surface area contributed by atoms with E-state index in [2.05, 4.69) is 36.1 Å². The minimum atomic E-state index is 0.0370. The maximum Gasteiger partial charge on any atom is 0.227 e. The van der Waals surface area contributed by atoms with Gasteiger partial charge in [-0.05, 0) is 56.5 Å². The summed E-state index contributed by atoms with van der Waals surface area (Å²) in [5.74, 6) is 0.897. The molecule has 0 spiro atoms. The number of carbonyl (C=O) groups excluding carboxylic acids is 1. The second kappa shape index (κ2) is 7.30. The van der Waals surface area contributed by atoms with Crippen LogP contribution in [0.25, 0.3) is 0 Å². The van der Waals surface area contributed by atoms with E-state index in [1.807, 2.05) is 38.1 Å². The number of benzene rings is 1. The Bertz CT molecular complexity index is 742. The van der Waals surface area contributed by atoms with Gasteiger partial charge in [0, 0.05) is 41.1 Å². The average Bonchev–Trinajstić information content (AvgIpc) is 2.58. The first kappa shape index (κ1) is 16.9. The smallest absolute Gasteiger partial charge is 0.227 e. The first-order valence-corrected chi connectivity index (χ1v) is 8.94. The third-order valence-corrected chi connectivity index (χ3v) is 5.25. The summed E-state index contributed by atoms with van der Waals surface area (Å²) in [6, 6.07) is 7.76. The summed E-state index contributed by atoms with van der Waals surface area (Å²) in [6.45, 7) is 5.59. The van der Waals surface area contributed by atoms with Crippen molar-refractivity contribution < 1.29 is 4.79 Å². The van der Waals surface area contributed by atoms with E-state index < -0.39 is 0 Å². The highest BCUT2D eigenvalue weighted by molar-refractivity contribution is 9.10. The molecule has 5 nitrogen and oxygen atoms in total. The second-order valence-corrected chi connectivity index (χ2v) is 7.07. The van der Waals surface area contributed by atoms with Crippen LogP contribution in [0.3, 0.4) is 0 Å². The molecular weight excluding hydrogens is 368 g/mol. The van der Waals surface area contributed by atoms with Crippen LogP contribution in [0.4, 0.5) is 11.6 Å². The van der Waals surface area contributed by atoms with Crippen molar-refractivity contribution in [2.45, 2.75) is 26.7 Å². The summed E-state index contributed by atoms with van der Waals surface area (Å²) in [5.41, 5.74) is 2.93. The number of piperidine rings is 1. The lowest BCUT2D eigenvalue weighted by Crippen LogP contribution is -2.39. The van der Waals surface area contributed by atoms with Crippen LogP contribution in [0.2, 0.25) is 0 Å². The van der Waals surface area contributed by atoms with E-state index >= 15 is 0 Å². The molecule has 1 aliphatic rings. The third kappa shape index (κ3) is 3.93. The van der Waals surface area contributed by atoms with Crippen LogP contribution in [0.5, 0.6) is 0 Å². The molecule has 0 bridgehead atoms. The van der Waals surface area contributed by atoms with Crippen molar-refractivity contribution >= 4 is 33.5 Å². The molecule has 6 heteroatoms. The largest absolute Gasteiger partial charge is 0.341 e. The summed E-state index contributed by atoms with van der Waals surface area (Å²) in [4.78, 5) is 23.4. The predicted octanol–water partition coefficient (Wildman–Crippen LogP) is 3.71. The summed E-state index contributed by atoms with van der Waals surface area (Å²) >= 11 is 3.48. The Kier molecular flexibility index (Phi) is 5.14. The van der Waals surface area contributed by atoms with Crippen LogP contribution < -0.4 is 10.2 Å². The van der Waals surface area contributed by atoms with Gasteiger partial charge in [-0.3, -0.25) is 4.79 Å². The standard InChI is InChI=1S/C18H21BrN4O/c1-12-11-15(3-4-16(12)19)22-17(24)14-6-9-23(10-7-14)18-20-8-5-13(2)21-18/h3-5,8,11,14H,6-7,9-10H2,1-2H3,(H,22,24). The zero-order chi connectivity index (χ0) is 17.1. The van der Waals surface area contributed by atoms with Gasteiger partial charge in [0.1, 0.15) is 0 Å². The fourth-order valence-corrected chi connectivity index (χ4v) is 3.14. The monoisotopic (exact) mass is 388 g/mol. The highest BCUT2D eigenvalue weighted by atomic mass is 79.9. The number of nitrogens with zero attached hydrogens (tertiary/aromatic N) is 3. The second-order valence-electron chi connectivity index (χ2n) is 6.21. The van der Waals surface area contributed by atoms with Crippen LogP contribution in [-0.2, 0) is 4.79 Å². The maximum atomic E-state index is 12.5. The fraction of sp³-hybridized carbons (Fsp3) is 0.389. The molecule has 1 aliphatic heterocycles. The van der Waals surface area contributed by atoms with Crippen LogP contribution in [0.1, 0.15) is 24.1 Å². The number of aryl methyl sites for hydroxylation is 2. The van der Waals surface area contributed by atoms with Crippen molar-refractivity contribution in [3.8, 4) is 0 Å². The zero-order valence-electron chi connectivity index (χ0n) is 13.9. The number of rotatable bonds is 3. The highest BCUT2D eigenvalue weighted by Crippen LogP contribution is 2.24. The van der Waals surface area contributed by atoms with Gasteiger partial charge in [-0.2, -0.15) is 0 Å². The average molecular weight is 389 g/mol. The molecule has 24 heavy (non-hydrogen) atoms. The van der Waals surface area contributed by atoms with Gasteiger partial charge in [0.25, 0.3) is 0 Å². The van der Waals surface area contributed by atoms with E-state index in [0.29, 0.717) is 0 Å². The number of anilines is 2. The number of hydrogen-bond donors (Lipinski definition) is 1. The maximum absolute atomic E-state index is 12.5.